The highest BCUT2D eigenvalue weighted by Gasteiger charge is 2.46. The Kier molecular flexibility index (Phi) is 4.24. The zero-order chi connectivity index (χ0) is 18.3. The molecule has 0 saturated heterocycles. The van der Waals surface area contributed by atoms with Crippen molar-refractivity contribution in [1.29, 1.82) is 0 Å². The summed E-state index contributed by atoms with van der Waals surface area (Å²) in [5, 5.41) is 11.3. The van der Waals surface area contributed by atoms with Crippen LogP contribution in [0.1, 0.15) is 30.7 Å². The molecule has 0 aliphatic heterocycles. The molecule has 2 aromatic heterocycles. The van der Waals surface area contributed by atoms with E-state index >= 15 is 0 Å². The number of nitrogens with zero attached hydrogens (tertiary/aromatic N) is 4. The van der Waals surface area contributed by atoms with Crippen molar-refractivity contribution >= 4 is 29.2 Å². The molecule has 1 aliphatic rings. The summed E-state index contributed by atoms with van der Waals surface area (Å²) in [6, 6.07) is 5.30. The third-order valence-electron chi connectivity index (χ3n) is 4.07. The Labute approximate surface area is 156 Å². The highest BCUT2D eigenvalue weighted by atomic mass is 35.5. The first kappa shape index (κ1) is 17.1. The molecule has 0 bridgehead atoms. The van der Waals surface area contributed by atoms with Crippen LogP contribution in [0.3, 0.4) is 0 Å². The molecule has 0 atom stereocenters. The second kappa shape index (κ2) is 6.44. The molecule has 26 heavy (non-hydrogen) atoms. The predicted octanol–water partition coefficient (Wildman–Crippen LogP) is 4.87. The topological polar surface area (TPSA) is 76.7 Å². The van der Waals surface area contributed by atoms with Crippen LogP contribution in [0.4, 0.5) is 14.7 Å². The van der Waals surface area contributed by atoms with Gasteiger partial charge in [-0.25, -0.2) is 9.97 Å². The minimum absolute atomic E-state index is 0.0640. The van der Waals surface area contributed by atoms with Crippen molar-refractivity contribution in [3.8, 4) is 11.5 Å². The number of halogens is 4. The minimum Gasteiger partial charge on any atom is -0.415 e. The number of rotatable bonds is 5. The lowest BCUT2D eigenvalue weighted by molar-refractivity contribution is 0.116. The molecule has 134 valence electrons. The smallest absolute Gasteiger partial charge is 0.314 e. The fourth-order valence-electron chi connectivity index (χ4n) is 2.61. The van der Waals surface area contributed by atoms with Gasteiger partial charge in [0.15, 0.2) is 0 Å². The van der Waals surface area contributed by atoms with Crippen LogP contribution in [0.15, 0.2) is 35.0 Å². The Morgan fingerprint density at radius 2 is 1.85 bits per heavy atom. The van der Waals surface area contributed by atoms with Crippen molar-refractivity contribution in [3.05, 3.63) is 52.1 Å². The molecular formula is C16H11Cl2F2N5O. The molecule has 3 aromatic rings. The van der Waals surface area contributed by atoms with Crippen molar-refractivity contribution in [2.24, 2.45) is 0 Å². The molecule has 0 radical (unpaired) electrons. The second-order valence-corrected chi connectivity index (χ2v) is 6.72. The van der Waals surface area contributed by atoms with Crippen molar-refractivity contribution in [2.45, 2.75) is 24.8 Å². The van der Waals surface area contributed by atoms with Gasteiger partial charge in [-0.05, 0) is 36.6 Å². The Morgan fingerprint density at radius 3 is 2.46 bits per heavy atom. The van der Waals surface area contributed by atoms with Crippen LogP contribution in [-0.2, 0) is 5.54 Å². The average molecular weight is 398 g/mol. The fraction of sp³-hybridized carbons (Fsp3) is 0.250. The van der Waals surface area contributed by atoms with E-state index in [0.29, 0.717) is 21.6 Å². The first-order chi connectivity index (χ1) is 12.5. The summed E-state index contributed by atoms with van der Waals surface area (Å²) < 4.78 is 29.9. The SMILES string of the molecule is FC(F)c1nnc(-c2cnc(NC3(c4cc(Cl)ccc4Cl)CC3)nc2)o1. The summed E-state index contributed by atoms with van der Waals surface area (Å²) in [6.45, 7) is 0. The average Bonchev–Trinajstić information content (AvgIpc) is 3.22. The number of benzene rings is 1. The summed E-state index contributed by atoms with van der Waals surface area (Å²) in [4.78, 5) is 8.40. The molecule has 1 aromatic carbocycles. The van der Waals surface area contributed by atoms with Crippen molar-refractivity contribution in [3.63, 3.8) is 0 Å². The van der Waals surface area contributed by atoms with Gasteiger partial charge in [0.05, 0.1) is 11.1 Å². The van der Waals surface area contributed by atoms with E-state index in [1.54, 1.807) is 12.1 Å². The van der Waals surface area contributed by atoms with Crippen LogP contribution in [0.25, 0.3) is 11.5 Å². The van der Waals surface area contributed by atoms with Gasteiger partial charge in [-0.3, -0.25) is 0 Å². The number of hydrogen-bond donors (Lipinski definition) is 1. The largest absolute Gasteiger partial charge is 0.415 e. The molecule has 0 unspecified atom stereocenters. The van der Waals surface area contributed by atoms with Gasteiger partial charge in [0, 0.05) is 22.4 Å². The van der Waals surface area contributed by atoms with Crippen LogP contribution in [0, 0.1) is 0 Å². The molecular weight excluding hydrogens is 387 g/mol. The predicted molar refractivity (Wildman–Crippen MR) is 91.3 cm³/mol. The lowest BCUT2D eigenvalue weighted by Crippen LogP contribution is -2.20. The highest BCUT2D eigenvalue weighted by Crippen LogP contribution is 2.50. The molecule has 2 heterocycles. The van der Waals surface area contributed by atoms with Crippen molar-refractivity contribution in [1.82, 2.24) is 20.2 Å². The number of anilines is 1. The first-order valence-electron chi connectivity index (χ1n) is 7.64. The van der Waals surface area contributed by atoms with Gasteiger partial charge in [-0.2, -0.15) is 8.78 Å². The monoisotopic (exact) mass is 397 g/mol. The van der Waals surface area contributed by atoms with Crippen molar-refractivity contribution in [2.75, 3.05) is 5.32 Å². The Balaban J connectivity index is 1.55. The number of aromatic nitrogens is 4. The van der Waals surface area contributed by atoms with E-state index < -0.39 is 12.3 Å². The van der Waals surface area contributed by atoms with Gasteiger partial charge in [-0.1, -0.05) is 23.2 Å². The lowest BCUT2D eigenvalue weighted by atomic mass is 10.1. The summed E-state index contributed by atoms with van der Waals surface area (Å²) in [6.07, 6.45) is 1.75. The zero-order valence-corrected chi connectivity index (χ0v) is 14.6. The van der Waals surface area contributed by atoms with Crippen LogP contribution < -0.4 is 5.32 Å². The zero-order valence-electron chi connectivity index (χ0n) is 13.1. The summed E-state index contributed by atoms with van der Waals surface area (Å²) in [5.41, 5.74) is 0.870. The molecule has 1 saturated carbocycles. The molecule has 6 nitrogen and oxygen atoms in total. The van der Waals surface area contributed by atoms with E-state index in [-0.39, 0.29) is 11.4 Å². The minimum atomic E-state index is -2.82. The highest BCUT2D eigenvalue weighted by molar-refractivity contribution is 6.33. The van der Waals surface area contributed by atoms with Crippen molar-refractivity contribution < 1.29 is 13.2 Å². The molecule has 1 fully saturated rings. The van der Waals surface area contributed by atoms with Gasteiger partial charge in [0.25, 0.3) is 11.8 Å². The standard InChI is InChI=1S/C16H11Cl2F2N5O/c17-9-1-2-11(18)10(5-9)16(3-4-16)23-15-21-6-8(7-22-15)13-24-25-14(26-13)12(19)20/h1-2,5-7,12H,3-4H2,(H,21,22,23). The quantitative estimate of drug-likeness (QED) is 0.661. The first-order valence-corrected chi connectivity index (χ1v) is 8.40. The van der Waals surface area contributed by atoms with E-state index in [4.69, 9.17) is 27.6 Å². The van der Waals surface area contributed by atoms with E-state index in [2.05, 4.69) is 25.5 Å². The van der Waals surface area contributed by atoms with Gasteiger partial charge < -0.3 is 9.73 Å². The van der Waals surface area contributed by atoms with Gasteiger partial charge in [0.2, 0.25) is 5.95 Å². The van der Waals surface area contributed by atoms with Crippen LogP contribution in [0.2, 0.25) is 10.0 Å². The van der Waals surface area contributed by atoms with E-state index in [9.17, 15) is 8.78 Å². The number of hydrogen-bond acceptors (Lipinski definition) is 6. The lowest BCUT2D eigenvalue weighted by Gasteiger charge is -2.19. The normalized spacial score (nSPS) is 15.3. The number of alkyl halides is 2. The van der Waals surface area contributed by atoms with E-state index in [1.165, 1.54) is 12.4 Å². The third kappa shape index (κ3) is 3.22. The van der Waals surface area contributed by atoms with Gasteiger partial charge in [0.1, 0.15) is 0 Å². The summed E-state index contributed by atoms with van der Waals surface area (Å²) in [7, 11) is 0. The Hall–Kier alpha value is -2.32. The van der Waals surface area contributed by atoms with Crippen LogP contribution in [-0.4, -0.2) is 20.2 Å². The second-order valence-electron chi connectivity index (χ2n) is 5.87. The van der Waals surface area contributed by atoms with E-state index in [1.807, 2.05) is 6.07 Å². The molecule has 0 amide bonds. The fourth-order valence-corrected chi connectivity index (χ4v) is 3.08. The molecule has 4 rings (SSSR count). The maximum atomic E-state index is 12.5. The molecule has 10 heteroatoms. The molecule has 1 N–H and O–H groups in total. The summed E-state index contributed by atoms with van der Waals surface area (Å²) in [5.74, 6) is -0.434. The maximum absolute atomic E-state index is 12.5. The van der Waals surface area contributed by atoms with Gasteiger partial charge >= 0.3 is 6.43 Å². The van der Waals surface area contributed by atoms with Crippen LogP contribution >= 0.6 is 23.2 Å². The van der Waals surface area contributed by atoms with Gasteiger partial charge in [-0.15, -0.1) is 10.2 Å². The summed E-state index contributed by atoms with van der Waals surface area (Å²) >= 11 is 12.4. The Bertz CT molecular complexity index is 944. The molecule has 0 spiro atoms. The van der Waals surface area contributed by atoms with Crippen LogP contribution in [0.5, 0.6) is 0 Å². The van der Waals surface area contributed by atoms with E-state index in [0.717, 1.165) is 18.4 Å². The Morgan fingerprint density at radius 1 is 1.12 bits per heavy atom. The molecule has 1 aliphatic carbocycles. The number of nitrogens with one attached hydrogen (secondary N) is 1. The maximum Gasteiger partial charge on any atom is 0.314 e. The third-order valence-corrected chi connectivity index (χ3v) is 4.64.